The number of hydrogen-bond acceptors (Lipinski definition) is 8. The zero-order valence-electron chi connectivity index (χ0n) is 15.6. The molecule has 2 heterocycles. The van der Waals surface area contributed by atoms with Gasteiger partial charge in [0.25, 0.3) is 0 Å². The van der Waals surface area contributed by atoms with Gasteiger partial charge in [-0.25, -0.2) is 4.68 Å². The summed E-state index contributed by atoms with van der Waals surface area (Å²) in [6.45, 7) is 1.56. The molecular weight excluding hydrogens is 385 g/mol. The molecule has 0 radical (unpaired) electrons. The maximum atomic E-state index is 11.8. The normalized spacial score (nSPS) is 13.4. The highest BCUT2D eigenvalue weighted by Crippen LogP contribution is 2.42. The second kappa shape index (κ2) is 8.14. The van der Waals surface area contributed by atoms with Crippen LogP contribution in [0.15, 0.2) is 24.4 Å². The largest absolute Gasteiger partial charge is 0.496 e. The van der Waals surface area contributed by atoms with Crippen LogP contribution < -0.4 is 15.2 Å². The van der Waals surface area contributed by atoms with Crippen LogP contribution >= 0.6 is 7.37 Å². The van der Waals surface area contributed by atoms with E-state index in [2.05, 4.69) is 15.1 Å². The molecule has 1 atom stereocenters. The van der Waals surface area contributed by atoms with Crippen molar-refractivity contribution in [3.05, 3.63) is 35.5 Å². The van der Waals surface area contributed by atoms with E-state index >= 15 is 0 Å². The molecule has 0 aliphatic heterocycles. The van der Waals surface area contributed by atoms with Gasteiger partial charge in [0.15, 0.2) is 5.65 Å². The fraction of sp³-hybridized carbons (Fsp3) is 0.353. The number of aliphatic hydroxyl groups excluding tert-OH is 1. The SMILES string of the molecule is COc1ccc(Cn2ncc3c(N)nc(OCCO)nc32)cc1CP(C)(=O)O. The quantitative estimate of drug-likeness (QED) is 0.469. The summed E-state index contributed by atoms with van der Waals surface area (Å²) in [5.41, 5.74) is 7.93. The number of benzene rings is 1. The van der Waals surface area contributed by atoms with Crippen LogP contribution in [0.25, 0.3) is 11.0 Å². The molecule has 3 aromatic rings. The third kappa shape index (κ3) is 4.59. The number of rotatable bonds is 8. The Labute approximate surface area is 161 Å². The molecule has 0 amide bonds. The average Bonchev–Trinajstić information content (AvgIpc) is 3.02. The van der Waals surface area contributed by atoms with Crippen LogP contribution in [0.4, 0.5) is 5.82 Å². The molecule has 1 aromatic carbocycles. The minimum absolute atomic E-state index is 0.0120. The van der Waals surface area contributed by atoms with Crippen LogP contribution in [0.2, 0.25) is 0 Å². The Morgan fingerprint density at radius 1 is 1.32 bits per heavy atom. The smallest absolute Gasteiger partial charge is 0.320 e. The number of nitrogen functional groups attached to an aromatic ring is 1. The van der Waals surface area contributed by atoms with Gasteiger partial charge in [0.1, 0.15) is 18.2 Å². The Balaban J connectivity index is 1.95. The number of hydrogen-bond donors (Lipinski definition) is 3. The third-order valence-corrected chi connectivity index (χ3v) is 4.90. The minimum atomic E-state index is -3.26. The summed E-state index contributed by atoms with van der Waals surface area (Å²) in [6, 6.07) is 5.47. The molecule has 3 rings (SSSR count). The maximum Gasteiger partial charge on any atom is 0.320 e. The van der Waals surface area contributed by atoms with Gasteiger partial charge in [0, 0.05) is 12.2 Å². The molecular formula is C17H22N5O5P. The Kier molecular flexibility index (Phi) is 5.83. The first-order valence-corrected chi connectivity index (χ1v) is 10.8. The Hall–Kier alpha value is -2.68. The van der Waals surface area contributed by atoms with Gasteiger partial charge in [0.2, 0.25) is 7.37 Å². The average molecular weight is 407 g/mol. The molecule has 4 N–H and O–H groups in total. The van der Waals surface area contributed by atoms with Crippen molar-refractivity contribution < 1.29 is 24.0 Å². The monoisotopic (exact) mass is 407 g/mol. The number of nitrogens with two attached hydrogens (primary N) is 1. The highest BCUT2D eigenvalue weighted by atomic mass is 31.2. The first-order valence-electron chi connectivity index (χ1n) is 8.48. The fourth-order valence-corrected chi connectivity index (χ4v) is 3.70. The van der Waals surface area contributed by atoms with E-state index in [9.17, 15) is 9.46 Å². The minimum Gasteiger partial charge on any atom is -0.496 e. The van der Waals surface area contributed by atoms with E-state index in [-0.39, 0.29) is 31.2 Å². The zero-order chi connectivity index (χ0) is 20.3. The van der Waals surface area contributed by atoms with Gasteiger partial charge in [-0.05, 0) is 17.7 Å². The lowest BCUT2D eigenvalue weighted by molar-refractivity contribution is 0.192. The lowest BCUT2D eigenvalue weighted by Crippen LogP contribution is -2.08. The number of nitrogens with zero attached hydrogens (tertiary/aromatic N) is 4. The van der Waals surface area contributed by atoms with E-state index in [0.717, 1.165) is 5.56 Å². The van der Waals surface area contributed by atoms with Crippen molar-refractivity contribution in [3.8, 4) is 11.8 Å². The first kappa shape index (κ1) is 20.1. The van der Waals surface area contributed by atoms with E-state index in [1.54, 1.807) is 16.9 Å². The van der Waals surface area contributed by atoms with Crippen molar-refractivity contribution in [2.24, 2.45) is 0 Å². The van der Waals surface area contributed by atoms with Gasteiger partial charge in [-0.1, -0.05) is 6.07 Å². The summed E-state index contributed by atoms with van der Waals surface area (Å²) in [5.74, 6) is 0.781. The van der Waals surface area contributed by atoms with Crippen molar-refractivity contribution in [3.63, 3.8) is 0 Å². The van der Waals surface area contributed by atoms with Gasteiger partial charge >= 0.3 is 6.01 Å². The van der Waals surface area contributed by atoms with Crippen molar-refractivity contribution in [1.29, 1.82) is 0 Å². The lowest BCUT2D eigenvalue weighted by Gasteiger charge is -2.13. The van der Waals surface area contributed by atoms with Crippen LogP contribution in [0.3, 0.4) is 0 Å². The summed E-state index contributed by atoms with van der Waals surface area (Å²) in [7, 11) is -1.74. The molecule has 0 spiro atoms. The van der Waals surface area contributed by atoms with E-state index in [0.29, 0.717) is 28.9 Å². The van der Waals surface area contributed by atoms with Gasteiger partial charge in [-0.3, -0.25) is 4.57 Å². The number of methoxy groups -OCH3 is 1. The Morgan fingerprint density at radius 2 is 2.11 bits per heavy atom. The number of aromatic nitrogens is 4. The van der Waals surface area contributed by atoms with E-state index in [1.165, 1.54) is 13.8 Å². The fourth-order valence-electron chi connectivity index (χ4n) is 2.82. The van der Waals surface area contributed by atoms with E-state index in [4.69, 9.17) is 20.3 Å². The molecule has 0 aliphatic carbocycles. The molecule has 0 saturated carbocycles. The molecule has 0 aliphatic rings. The van der Waals surface area contributed by atoms with Crippen molar-refractivity contribution in [2.75, 3.05) is 32.7 Å². The third-order valence-electron chi connectivity index (χ3n) is 3.97. The zero-order valence-corrected chi connectivity index (χ0v) is 16.5. The molecule has 1 unspecified atom stereocenters. The molecule has 0 bridgehead atoms. The van der Waals surface area contributed by atoms with Crippen molar-refractivity contribution >= 4 is 24.2 Å². The number of aliphatic hydroxyl groups is 1. The standard InChI is InChI=1S/C17H22N5O5P/c1-26-14-4-3-11(7-12(14)10-28(2,24)25)9-22-16-13(8-19-22)15(18)20-17(21-16)27-6-5-23/h3-4,7-8,23H,5-6,9-10H2,1-2H3,(H,24,25)(H2,18,20,21). The predicted octanol–water partition coefficient (Wildman–Crippen LogP) is 1.24. The second-order valence-corrected chi connectivity index (χ2v) is 8.78. The summed E-state index contributed by atoms with van der Waals surface area (Å²) in [6.07, 6.45) is 1.58. The van der Waals surface area contributed by atoms with E-state index < -0.39 is 7.37 Å². The van der Waals surface area contributed by atoms with Crippen molar-refractivity contribution in [2.45, 2.75) is 12.7 Å². The van der Waals surface area contributed by atoms with Gasteiger partial charge in [-0.2, -0.15) is 15.1 Å². The van der Waals surface area contributed by atoms with Crippen LogP contribution in [-0.2, 0) is 17.3 Å². The number of anilines is 1. The van der Waals surface area contributed by atoms with E-state index in [1.807, 2.05) is 12.1 Å². The Morgan fingerprint density at radius 3 is 2.79 bits per heavy atom. The summed E-state index contributed by atoms with van der Waals surface area (Å²) in [5, 5.41) is 13.8. The van der Waals surface area contributed by atoms with Gasteiger partial charge in [-0.15, -0.1) is 0 Å². The molecule has 11 heteroatoms. The predicted molar refractivity (Wildman–Crippen MR) is 104 cm³/mol. The molecule has 2 aromatic heterocycles. The summed E-state index contributed by atoms with van der Waals surface area (Å²) in [4.78, 5) is 18.1. The molecule has 10 nitrogen and oxygen atoms in total. The lowest BCUT2D eigenvalue weighted by atomic mass is 10.1. The van der Waals surface area contributed by atoms with Crippen LogP contribution in [-0.4, -0.2) is 56.7 Å². The van der Waals surface area contributed by atoms with Crippen molar-refractivity contribution in [1.82, 2.24) is 19.7 Å². The topological polar surface area (TPSA) is 146 Å². The van der Waals surface area contributed by atoms with Crippen LogP contribution in [0.5, 0.6) is 11.8 Å². The Bertz CT molecular complexity index is 1030. The summed E-state index contributed by atoms with van der Waals surface area (Å²) < 4.78 is 24.0. The molecule has 150 valence electrons. The first-order chi connectivity index (χ1) is 13.3. The highest BCUT2D eigenvalue weighted by molar-refractivity contribution is 7.56. The molecule has 0 saturated heterocycles. The second-order valence-electron chi connectivity index (χ2n) is 6.36. The summed E-state index contributed by atoms with van der Waals surface area (Å²) >= 11 is 0. The maximum absolute atomic E-state index is 11.8. The van der Waals surface area contributed by atoms with Crippen LogP contribution in [0.1, 0.15) is 11.1 Å². The van der Waals surface area contributed by atoms with Gasteiger partial charge in [0.05, 0.1) is 38.0 Å². The number of fused-ring (bicyclic) bond motifs is 1. The molecule has 28 heavy (non-hydrogen) atoms. The van der Waals surface area contributed by atoms with Gasteiger partial charge < -0.3 is 25.2 Å². The van der Waals surface area contributed by atoms with Crippen LogP contribution in [0, 0.1) is 0 Å². The molecule has 0 fully saturated rings. The number of ether oxygens (including phenoxy) is 2. The highest BCUT2D eigenvalue weighted by Gasteiger charge is 2.17.